The Balaban J connectivity index is 0. The van der Waals surface area contributed by atoms with Gasteiger partial charge in [-0.15, -0.1) is 24.8 Å². The summed E-state index contributed by atoms with van der Waals surface area (Å²) in [7, 11) is 0. The Morgan fingerprint density at radius 2 is 1.05 bits per heavy atom. The van der Waals surface area contributed by atoms with Crippen LogP contribution in [0.1, 0.15) is 33.4 Å². The Hall–Kier alpha value is -0.820. The second kappa shape index (κ2) is 10.0. The number of hydrogen-bond acceptors (Lipinski definition) is 2. The van der Waals surface area contributed by atoms with Crippen LogP contribution in [0.3, 0.4) is 0 Å². The minimum Gasteiger partial charge on any atom is -0.376 e. The minimum absolute atomic E-state index is 0. The zero-order valence-electron chi connectivity index (χ0n) is 13.2. The van der Waals surface area contributed by atoms with E-state index in [0.717, 1.165) is 0 Å². The molecule has 0 aliphatic heterocycles. The van der Waals surface area contributed by atoms with Gasteiger partial charge < -0.3 is 22.1 Å². The van der Waals surface area contributed by atoms with Crippen LogP contribution in [0.25, 0.3) is 0 Å². The van der Waals surface area contributed by atoms with Crippen molar-refractivity contribution in [3.8, 4) is 0 Å². The highest BCUT2D eigenvalue weighted by molar-refractivity contribution is 7.80. The molecule has 0 fully saturated rings. The maximum absolute atomic E-state index is 5.52. The smallest absolute Gasteiger partial charge is 0.163 e. The predicted octanol–water partition coefficient (Wildman–Crippen LogP) is 2.43. The molecule has 0 amide bonds. The molecule has 0 aromatic heterocycles. The molecule has 126 valence electrons. The van der Waals surface area contributed by atoms with E-state index in [-0.39, 0.29) is 24.8 Å². The van der Waals surface area contributed by atoms with Gasteiger partial charge in [0.25, 0.3) is 0 Å². The fourth-order valence-electron chi connectivity index (χ4n) is 2.36. The molecular formula is C14H24Cl2N4S2. The molecule has 0 aliphatic carbocycles. The van der Waals surface area contributed by atoms with Gasteiger partial charge in [0, 0.05) is 13.1 Å². The zero-order chi connectivity index (χ0) is 15.4. The molecule has 22 heavy (non-hydrogen) atoms. The van der Waals surface area contributed by atoms with Gasteiger partial charge in [-0.05, 0) is 85.5 Å². The molecule has 0 radical (unpaired) electrons. The molecule has 8 heteroatoms. The highest BCUT2D eigenvalue weighted by Gasteiger charge is 2.14. The van der Waals surface area contributed by atoms with Crippen LogP contribution >= 0.6 is 49.2 Å². The normalized spacial score (nSPS) is 9.27. The van der Waals surface area contributed by atoms with E-state index in [0.29, 0.717) is 23.3 Å². The lowest BCUT2D eigenvalue weighted by molar-refractivity contribution is 0.854. The van der Waals surface area contributed by atoms with Gasteiger partial charge in [-0.2, -0.15) is 0 Å². The van der Waals surface area contributed by atoms with E-state index in [1.807, 2.05) is 0 Å². The van der Waals surface area contributed by atoms with Gasteiger partial charge >= 0.3 is 0 Å². The van der Waals surface area contributed by atoms with Crippen LogP contribution in [-0.4, -0.2) is 10.2 Å². The Morgan fingerprint density at radius 3 is 1.32 bits per heavy atom. The second-order valence-corrected chi connectivity index (χ2v) is 5.77. The fourth-order valence-corrected chi connectivity index (χ4v) is 2.50. The van der Waals surface area contributed by atoms with E-state index in [1.54, 1.807) is 0 Å². The molecule has 0 spiro atoms. The minimum atomic E-state index is 0. The standard InChI is InChI=1S/C14H22N4S2.2ClH/c1-7-8(2)11(5-17-13(15)19)10(4)12(9(7)3)6-18-14(16)20;;/h5-6H2,1-4H3,(H3,15,17,19)(H3,16,18,20);2*1H. The van der Waals surface area contributed by atoms with Crippen LogP contribution in [0, 0.1) is 27.7 Å². The first-order valence-electron chi connectivity index (χ1n) is 6.40. The summed E-state index contributed by atoms with van der Waals surface area (Å²) in [5.74, 6) is 0. The Labute approximate surface area is 155 Å². The molecule has 0 saturated carbocycles. The maximum Gasteiger partial charge on any atom is 0.163 e. The van der Waals surface area contributed by atoms with E-state index in [2.05, 4.69) is 38.3 Å². The molecule has 0 aliphatic rings. The molecule has 0 unspecified atom stereocenters. The quantitative estimate of drug-likeness (QED) is 0.599. The maximum atomic E-state index is 5.52. The lowest BCUT2D eigenvalue weighted by Gasteiger charge is -2.21. The molecule has 0 saturated heterocycles. The third kappa shape index (κ3) is 5.76. The van der Waals surface area contributed by atoms with Gasteiger partial charge in [-0.3, -0.25) is 0 Å². The third-order valence-corrected chi connectivity index (χ3v) is 4.10. The molecule has 4 nitrogen and oxygen atoms in total. The number of nitrogens with one attached hydrogen (secondary N) is 2. The van der Waals surface area contributed by atoms with Crippen molar-refractivity contribution in [2.24, 2.45) is 11.5 Å². The van der Waals surface area contributed by atoms with Crippen molar-refractivity contribution in [3.63, 3.8) is 0 Å². The summed E-state index contributed by atoms with van der Waals surface area (Å²) >= 11 is 9.76. The number of thiocarbonyl (C=S) groups is 2. The Morgan fingerprint density at radius 1 is 0.727 bits per heavy atom. The topological polar surface area (TPSA) is 76.1 Å². The molecule has 0 heterocycles. The Kier molecular flexibility index (Phi) is 10.7. The average Bonchev–Trinajstić information content (AvgIpc) is 2.35. The first-order chi connectivity index (χ1) is 9.25. The zero-order valence-corrected chi connectivity index (χ0v) is 16.5. The summed E-state index contributed by atoms with van der Waals surface area (Å²) in [6, 6.07) is 0. The highest BCUT2D eigenvalue weighted by Crippen LogP contribution is 2.26. The number of benzene rings is 1. The van der Waals surface area contributed by atoms with Crippen LogP contribution in [0.4, 0.5) is 0 Å². The van der Waals surface area contributed by atoms with Gasteiger partial charge in [0.15, 0.2) is 10.2 Å². The summed E-state index contributed by atoms with van der Waals surface area (Å²) in [5.41, 5.74) is 18.5. The second-order valence-electron chi connectivity index (χ2n) is 4.89. The van der Waals surface area contributed by atoms with E-state index in [1.165, 1.54) is 33.4 Å². The first-order valence-corrected chi connectivity index (χ1v) is 7.22. The average molecular weight is 383 g/mol. The molecule has 1 aromatic rings. The highest BCUT2D eigenvalue weighted by atomic mass is 35.5. The number of nitrogens with two attached hydrogens (primary N) is 2. The summed E-state index contributed by atoms with van der Waals surface area (Å²) < 4.78 is 0. The Bertz CT molecular complexity index is 517. The van der Waals surface area contributed by atoms with Crippen molar-refractivity contribution in [2.75, 3.05) is 0 Å². The summed E-state index contributed by atoms with van der Waals surface area (Å²) in [6.07, 6.45) is 0. The first kappa shape index (κ1) is 23.4. The van der Waals surface area contributed by atoms with Gasteiger partial charge in [0.1, 0.15) is 0 Å². The van der Waals surface area contributed by atoms with Crippen LogP contribution in [-0.2, 0) is 13.1 Å². The van der Waals surface area contributed by atoms with Crippen molar-refractivity contribution >= 4 is 59.5 Å². The summed E-state index contributed by atoms with van der Waals surface area (Å²) in [6.45, 7) is 9.74. The van der Waals surface area contributed by atoms with Crippen molar-refractivity contribution in [3.05, 3.63) is 33.4 Å². The van der Waals surface area contributed by atoms with Crippen LogP contribution in [0.2, 0.25) is 0 Å². The summed E-state index contributed by atoms with van der Waals surface area (Å²) in [4.78, 5) is 0. The predicted molar refractivity (Wildman–Crippen MR) is 107 cm³/mol. The largest absolute Gasteiger partial charge is 0.376 e. The van der Waals surface area contributed by atoms with Gasteiger partial charge in [-0.1, -0.05) is 0 Å². The molecule has 0 bridgehead atoms. The third-order valence-electron chi connectivity index (χ3n) is 3.81. The van der Waals surface area contributed by atoms with Crippen LogP contribution < -0.4 is 22.1 Å². The van der Waals surface area contributed by atoms with E-state index in [4.69, 9.17) is 35.9 Å². The van der Waals surface area contributed by atoms with Crippen LogP contribution in [0.5, 0.6) is 0 Å². The van der Waals surface area contributed by atoms with E-state index < -0.39 is 0 Å². The number of hydrogen-bond donors (Lipinski definition) is 4. The lowest BCUT2D eigenvalue weighted by atomic mass is 9.89. The molecule has 6 N–H and O–H groups in total. The van der Waals surface area contributed by atoms with E-state index >= 15 is 0 Å². The van der Waals surface area contributed by atoms with E-state index in [9.17, 15) is 0 Å². The molecular weight excluding hydrogens is 359 g/mol. The van der Waals surface area contributed by atoms with Gasteiger partial charge in [0.05, 0.1) is 0 Å². The number of rotatable bonds is 4. The van der Waals surface area contributed by atoms with Crippen molar-refractivity contribution in [2.45, 2.75) is 40.8 Å². The fraction of sp³-hybridized carbons (Fsp3) is 0.429. The molecule has 0 atom stereocenters. The summed E-state index contributed by atoms with van der Waals surface area (Å²) in [5, 5.41) is 6.66. The molecule has 1 aromatic carbocycles. The van der Waals surface area contributed by atoms with Crippen molar-refractivity contribution in [1.29, 1.82) is 0 Å². The van der Waals surface area contributed by atoms with Crippen molar-refractivity contribution in [1.82, 2.24) is 10.6 Å². The van der Waals surface area contributed by atoms with Gasteiger partial charge in [-0.25, -0.2) is 0 Å². The number of halogens is 2. The van der Waals surface area contributed by atoms with Gasteiger partial charge in [0.2, 0.25) is 0 Å². The van der Waals surface area contributed by atoms with Crippen molar-refractivity contribution < 1.29 is 0 Å². The SMILES string of the molecule is Cc1c(C)c(CNC(N)=S)c(C)c(CNC(N)=S)c1C.Cl.Cl. The van der Waals surface area contributed by atoms with Crippen LogP contribution in [0.15, 0.2) is 0 Å². The molecule has 1 rings (SSSR count). The monoisotopic (exact) mass is 382 g/mol. The lowest BCUT2D eigenvalue weighted by Crippen LogP contribution is -2.31.